The second-order valence-corrected chi connectivity index (χ2v) is 9.14. The molecule has 32 heavy (non-hydrogen) atoms. The van der Waals surface area contributed by atoms with Crippen molar-refractivity contribution < 1.29 is 9.32 Å². The first kappa shape index (κ1) is 20.8. The number of amides is 1. The lowest BCUT2D eigenvalue weighted by Crippen LogP contribution is -2.46. The summed E-state index contributed by atoms with van der Waals surface area (Å²) in [6, 6.07) is 5.55. The van der Waals surface area contributed by atoms with E-state index in [1.165, 1.54) is 12.8 Å². The highest BCUT2D eigenvalue weighted by Crippen LogP contribution is 2.38. The SMILES string of the molecule is Cc1cc(C(=O)NC2(c3noc(C4CCCC4)n3)CCCCCC2)ccc1-n1cnnn1. The Labute approximate surface area is 187 Å². The maximum absolute atomic E-state index is 13.4. The number of tetrazole rings is 1. The van der Waals surface area contributed by atoms with Crippen LogP contribution < -0.4 is 5.32 Å². The van der Waals surface area contributed by atoms with E-state index in [-0.39, 0.29) is 5.91 Å². The van der Waals surface area contributed by atoms with Gasteiger partial charge >= 0.3 is 0 Å². The summed E-state index contributed by atoms with van der Waals surface area (Å²) in [7, 11) is 0. The molecular weight excluding hydrogens is 406 g/mol. The number of rotatable bonds is 5. The van der Waals surface area contributed by atoms with E-state index in [4.69, 9.17) is 9.51 Å². The van der Waals surface area contributed by atoms with Crippen molar-refractivity contribution >= 4 is 5.91 Å². The summed E-state index contributed by atoms with van der Waals surface area (Å²) in [6.45, 7) is 1.95. The van der Waals surface area contributed by atoms with E-state index in [0.717, 1.165) is 68.5 Å². The molecule has 0 saturated heterocycles. The van der Waals surface area contributed by atoms with Crippen molar-refractivity contribution in [2.45, 2.75) is 82.6 Å². The van der Waals surface area contributed by atoms with Crippen LogP contribution in [0, 0.1) is 6.92 Å². The minimum atomic E-state index is -0.587. The number of carbonyl (C=O) groups excluding carboxylic acids is 1. The summed E-state index contributed by atoms with van der Waals surface area (Å²) in [5.74, 6) is 1.61. The Morgan fingerprint density at radius 3 is 2.59 bits per heavy atom. The number of nitrogens with one attached hydrogen (secondary N) is 1. The summed E-state index contributed by atoms with van der Waals surface area (Å²) >= 11 is 0. The van der Waals surface area contributed by atoms with Crippen LogP contribution >= 0.6 is 0 Å². The van der Waals surface area contributed by atoms with E-state index in [1.807, 2.05) is 25.1 Å². The number of hydrogen-bond acceptors (Lipinski definition) is 7. The van der Waals surface area contributed by atoms with Gasteiger partial charge in [0, 0.05) is 11.5 Å². The summed E-state index contributed by atoms with van der Waals surface area (Å²) in [4.78, 5) is 18.2. The first-order valence-electron chi connectivity index (χ1n) is 11.7. The molecule has 2 aliphatic rings. The van der Waals surface area contributed by atoms with Crippen molar-refractivity contribution in [3.63, 3.8) is 0 Å². The van der Waals surface area contributed by atoms with Crippen LogP contribution in [-0.4, -0.2) is 36.3 Å². The second-order valence-electron chi connectivity index (χ2n) is 9.14. The molecule has 1 aromatic carbocycles. The molecule has 2 heterocycles. The van der Waals surface area contributed by atoms with Crippen molar-refractivity contribution in [3.05, 3.63) is 47.4 Å². The maximum Gasteiger partial charge on any atom is 0.252 e. The maximum atomic E-state index is 13.4. The Hall–Kier alpha value is -3.10. The van der Waals surface area contributed by atoms with E-state index in [1.54, 1.807) is 11.0 Å². The molecule has 1 amide bonds. The second kappa shape index (κ2) is 8.80. The lowest BCUT2D eigenvalue weighted by atomic mass is 9.88. The number of hydrogen-bond donors (Lipinski definition) is 1. The van der Waals surface area contributed by atoms with Gasteiger partial charge in [-0.15, -0.1) is 5.10 Å². The molecule has 2 aliphatic carbocycles. The third kappa shape index (κ3) is 4.03. The highest BCUT2D eigenvalue weighted by atomic mass is 16.5. The lowest BCUT2D eigenvalue weighted by Gasteiger charge is -2.31. The van der Waals surface area contributed by atoms with E-state index in [9.17, 15) is 4.79 Å². The van der Waals surface area contributed by atoms with Crippen molar-refractivity contribution in [1.82, 2.24) is 35.7 Å². The molecule has 0 atom stereocenters. The molecule has 2 aromatic heterocycles. The van der Waals surface area contributed by atoms with E-state index in [0.29, 0.717) is 17.3 Å². The van der Waals surface area contributed by atoms with Crippen molar-refractivity contribution in [2.24, 2.45) is 0 Å². The minimum absolute atomic E-state index is 0.120. The van der Waals surface area contributed by atoms with Gasteiger partial charge in [0.05, 0.1) is 5.69 Å². The van der Waals surface area contributed by atoms with Gasteiger partial charge in [-0.2, -0.15) is 4.98 Å². The average molecular weight is 436 g/mol. The minimum Gasteiger partial charge on any atom is -0.339 e. The fourth-order valence-corrected chi connectivity index (χ4v) is 5.12. The van der Waals surface area contributed by atoms with E-state index >= 15 is 0 Å². The molecule has 0 aliphatic heterocycles. The van der Waals surface area contributed by atoms with Crippen molar-refractivity contribution in [3.8, 4) is 5.69 Å². The molecular formula is C23H29N7O2. The normalized spacial score (nSPS) is 19.0. The summed E-state index contributed by atoms with van der Waals surface area (Å²) < 4.78 is 7.29. The van der Waals surface area contributed by atoms with Crippen LogP contribution in [0.5, 0.6) is 0 Å². The predicted octanol–water partition coefficient (Wildman–Crippen LogP) is 3.99. The quantitative estimate of drug-likeness (QED) is 0.603. The average Bonchev–Trinajstić information content (AvgIpc) is 3.56. The molecule has 5 rings (SSSR count). The van der Waals surface area contributed by atoms with E-state index in [2.05, 4.69) is 26.0 Å². The predicted molar refractivity (Wildman–Crippen MR) is 116 cm³/mol. The van der Waals surface area contributed by atoms with Gasteiger partial charge in [-0.3, -0.25) is 4.79 Å². The number of nitrogens with zero attached hydrogens (tertiary/aromatic N) is 6. The fraction of sp³-hybridized carbons (Fsp3) is 0.565. The third-order valence-corrected chi connectivity index (χ3v) is 6.94. The van der Waals surface area contributed by atoms with Crippen LogP contribution in [0.25, 0.3) is 5.69 Å². The van der Waals surface area contributed by atoms with Crippen molar-refractivity contribution in [2.75, 3.05) is 0 Å². The largest absolute Gasteiger partial charge is 0.339 e. The lowest BCUT2D eigenvalue weighted by molar-refractivity contribution is 0.0876. The first-order chi connectivity index (χ1) is 15.6. The third-order valence-electron chi connectivity index (χ3n) is 6.94. The van der Waals surface area contributed by atoms with Crippen LogP contribution in [0.4, 0.5) is 0 Å². The fourth-order valence-electron chi connectivity index (χ4n) is 5.12. The zero-order valence-corrected chi connectivity index (χ0v) is 18.5. The Balaban J connectivity index is 1.41. The van der Waals surface area contributed by atoms with Crippen LogP contribution in [0.2, 0.25) is 0 Å². The van der Waals surface area contributed by atoms with Gasteiger partial charge < -0.3 is 9.84 Å². The number of benzene rings is 1. The standard InChI is InChI=1S/C23H29N7O2/c1-16-14-18(10-11-19(16)30-15-24-28-29-30)20(31)26-23(12-6-2-3-7-13-23)22-25-21(32-27-22)17-8-4-5-9-17/h10-11,14-15,17H,2-9,12-13H2,1H3,(H,26,31). The highest BCUT2D eigenvalue weighted by molar-refractivity contribution is 5.95. The van der Waals surface area contributed by atoms with Gasteiger partial charge in [0.25, 0.3) is 5.91 Å². The van der Waals surface area contributed by atoms with E-state index < -0.39 is 5.54 Å². The molecule has 9 heteroatoms. The molecule has 3 aromatic rings. The van der Waals surface area contributed by atoms with Crippen LogP contribution in [0.15, 0.2) is 29.0 Å². The smallest absolute Gasteiger partial charge is 0.252 e. The van der Waals surface area contributed by atoms with Crippen LogP contribution in [-0.2, 0) is 5.54 Å². The molecule has 0 radical (unpaired) electrons. The molecule has 0 unspecified atom stereocenters. The highest BCUT2D eigenvalue weighted by Gasteiger charge is 2.40. The Morgan fingerprint density at radius 2 is 1.91 bits per heavy atom. The van der Waals surface area contributed by atoms with Gasteiger partial charge in [0.15, 0.2) is 5.82 Å². The molecule has 168 valence electrons. The first-order valence-corrected chi connectivity index (χ1v) is 11.7. The number of aromatic nitrogens is 6. The van der Waals surface area contributed by atoms with Gasteiger partial charge in [-0.1, -0.05) is 43.7 Å². The zero-order valence-electron chi connectivity index (χ0n) is 18.5. The Bertz CT molecular complexity index is 1060. The van der Waals surface area contributed by atoms with Gasteiger partial charge in [-0.25, -0.2) is 4.68 Å². The molecule has 0 bridgehead atoms. The molecule has 0 spiro atoms. The summed E-state index contributed by atoms with van der Waals surface area (Å²) in [5.41, 5.74) is 1.77. The Morgan fingerprint density at radius 1 is 1.12 bits per heavy atom. The number of aryl methyl sites for hydroxylation is 1. The molecule has 2 saturated carbocycles. The van der Waals surface area contributed by atoms with Crippen LogP contribution in [0.1, 0.15) is 97.8 Å². The topological polar surface area (TPSA) is 112 Å². The van der Waals surface area contributed by atoms with Crippen LogP contribution in [0.3, 0.4) is 0 Å². The Kier molecular flexibility index (Phi) is 5.71. The summed E-state index contributed by atoms with van der Waals surface area (Å²) in [6.07, 6.45) is 12.2. The molecule has 9 nitrogen and oxygen atoms in total. The molecule has 1 N–H and O–H groups in total. The zero-order chi connectivity index (χ0) is 22.0. The van der Waals surface area contributed by atoms with Gasteiger partial charge in [0.2, 0.25) is 5.89 Å². The monoisotopic (exact) mass is 435 g/mol. The van der Waals surface area contributed by atoms with Gasteiger partial charge in [0.1, 0.15) is 11.9 Å². The molecule has 2 fully saturated rings. The summed E-state index contributed by atoms with van der Waals surface area (Å²) in [5, 5.41) is 19.0. The van der Waals surface area contributed by atoms with Gasteiger partial charge in [-0.05, 0) is 66.8 Å². The number of carbonyl (C=O) groups is 1. The van der Waals surface area contributed by atoms with Crippen molar-refractivity contribution in [1.29, 1.82) is 0 Å².